The third-order valence-corrected chi connectivity index (χ3v) is 1.44. The highest BCUT2D eigenvalue weighted by Gasteiger charge is 1.98. The van der Waals surface area contributed by atoms with Crippen molar-refractivity contribution in [1.29, 1.82) is 16.2 Å². The average molecular weight is 198 g/mol. The Labute approximate surface area is 85.3 Å². The molecule has 0 fully saturated rings. The van der Waals surface area contributed by atoms with Crippen molar-refractivity contribution in [1.82, 2.24) is 0 Å². The van der Waals surface area contributed by atoms with Gasteiger partial charge in [0.2, 0.25) is 0 Å². The van der Waals surface area contributed by atoms with E-state index in [1.807, 2.05) is 18.0 Å². The number of aliphatic imine (C=N–C) groups is 3. The minimum atomic E-state index is 0.426. The lowest BCUT2D eigenvalue weighted by molar-refractivity contribution is 1.41. The third kappa shape index (κ3) is 2.95. The van der Waals surface area contributed by atoms with Gasteiger partial charge in [-0.05, 0) is 18.2 Å². The first-order valence-electron chi connectivity index (χ1n) is 3.82. The van der Waals surface area contributed by atoms with E-state index in [9.17, 15) is 0 Å². The molecular weight excluding hydrogens is 192 g/mol. The summed E-state index contributed by atoms with van der Waals surface area (Å²) in [6.07, 6.45) is 0. The van der Waals surface area contributed by atoms with Gasteiger partial charge in [0, 0.05) is 0 Å². The van der Waals surface area contributed by atoms with Crippen molar-refractivity contribution in [2.75, 3.05) is 0 Å². The van der Waals surface area contributed by atoms with Gasteiger partial charge in [0.15, 0.2) is 0 Å². The molecule has 0 heterocycles. The van der Waals surface area contributed by atoms with Crippen LogP contribution in [0.25, 0.3) is 0 Å². The topological polar surface area (TPSA) is 109 Å². The van der Waals surface area contributed by atoms with Crippen molar-refractivity contribution >= 4 is 35.1 Å². The molecule has 72 valence electrons. The van der Waals surface area contributed by atoms with Gasteiger partial charge in [-0.2, -0.15) is 15.0 Å². The minimum Gasteiger partial charge on any atom is -0.241 e. The van der Waals surface area contributed by atoms with Crippen LogP contribution < -0.4 is 0 Å². The van der Waals surface area contributed by atoms with E-state index in [1.165, 1.54) is 0 Å². The predicted molar refractivity (Wildman–Crippen MR) is 55.9 cm³/mol. The lowest BCUT2D eigenvalue weighted by Crippen LogP contribution is -1.68. The van der Waals surface area contributed by atoms with E-state index in [2.05, 4.69) is 15.0 Å². The molecule has 6 nitrogen and oxygen atoms in total. The molecule has 0 bridgehead atoms. The molecule has 6 heteroatoms. The highest BCUT2D eigenvalue weighted by molar-refractivity contribution is 5.67. The third-order valence-electron chi connectivity index (χ3n) is 1.44. The Morgan fingerprint density at radius 2 is 0.933 bits per heavy atom. The van der Waals surface area contributed by atoms with Gasteiger partial charge in [-0.1, -0.05) is 0 Å². The largest absolute Gasteiger partial charge is 0.241 e. The first-order valence-corrected chi connectivity index (χ1v) is 3.82. The average Bonchev–Trinajstić information content (AvgIpc) is 2.19. The molecule has 0 aliphatic carbocycles. The SMILES string of the molecule is N=C=Nc1cc(N=C=N)cc(N=C=N)c1. The van der Waals surface area contributed by atoms with Crippen molar-refractivity contribution in [3.63, 3.8) is 0 Å². The number of hydrogen-bond donors (Lipinski definition) is 3. The molecular formula is C9H6N6. The molecule has 3 N–H and O–H groups in total. The molecule has 0 radical (unpaired) electrons. The van der Waals surface area contributed by atoms with Gasteiger partial charge in [-0.15, -0.1) is 0 Å². The molecule has 0 amide bonds. The zero-order valence-corrected chi connectivity index (χ0v) is 7.57. The maximum Gasteiger partial charge on any atom is 0.0918 e. The van der Waals surface area contributed by atoms with Crippen LogP contribution >= 0.6 is 0 Å². The van der Waals surface area contributed by atoms with Crippen molar-refractivity contribution in [2.45, 2.75) is 0 Å². The lowest BCUT2D eigenvalue weighted by Gasteiger charge is -1.96. The Kier molecular flexibility index (Phi) is 3.60. The first-order chi connectivity index (χ1) is 7.30. The Balaban J connectivity index is 3.36. The summed E-state index contributed by atoms with van der Waals surface area (Å²) in [7, 11) is 0. The first kappa shape index (κ1) is 10.4. The minimum absolute atomic E-state index is 0.426. The molecule has 1 aromatic carbocycles. The normalized spacial score (nSPS) is 8.00. The smallest absolute Gasteiger partial charge is 0.0918 e. The molecule has 1 rings (SSSR count). The van der Waals surface area contributed by atoms with Gasteiger partial charge in [-0.3, -0.25) is 0 Å². The number of benzene rings is 1. The summed E-state index contributed by atoms with van der Waals surface area (Å²) in [4.78, 5) is 10.8. The number of nitrogens with zero attached hydrogens (tertiary/aromatic N) is 3. The molecule has 0 atom stereocenters. The highest BCUT2D eigenvalue weighted by atomic mass is 14.8. The number of rotatable bonds is 3. The van der Waals surface area contributed by atoms with Crippen LogP contribution in [0.3, 0.4) is 0 Å². The predicted octanol–water partition coefficient (Wildman–Crippen LogP) is 2.84. The Hall–Kier alpha value is -2.64. The molecule has 0 aliphatic heterocycles. The summed E-state index contributed by atoms with van der Waals surface area (Å²) in [6.45, 7) is 0. The zero-order valence-electron chi connectivity index (χ0n) is 7.57. The van der Waals surface area contributed by atoms with Crippen LogP contribution in [-0.4, -0.2) is 18.0 Å². The van der Waals surface area contributed by atoms with Crippen molar-refractivity contribution < 1.29 is 0 Å². The van der Waals surface area contributed by atoms with Crippen LogP contribution in [-0.2, 0) is 0 Å². The van der Waals surface area contributed by atoms with Crippen LogP contribution in [0, 0.1) is 16.2 Å². The van der Waals surface area contributed by atoms with Crippen LogP contribution in [0.1, 0.15) is 0 Å². The molecule has 0 spiro atoms. The fourth-order valence-electron chi connectivity index (χ4n) is 0.967. The maximum absolute atomic E-state index is 6.70. The number of hydrogen-bond acceptors (Lipinski definition) is 6. The van der Waals surface area contributed by atoms with Crippen LogP contribution in [0.4, 0.5) is 17.1 Å². The van der Waals surface area contributed by atoms with E-state index >= 15 is 0 Å². The van der Waals surface area contributed by atoms with E-state index in [0.717, 1.165) is 0 Å². The quantitative estimate of drug-likeness (QED) is 0.620. The Morgan fingerprint density at radius 3 is 1.13 bits per heavy atom. The summed E-state index contributed by atoms with van der Waals surface area (Å²) in [6, 6.07) is 10.3. The van der Waals surface area contributed by atoms with Gasteiger partial charge in [0.25, 0.3) is 0 Å². The monoisotopic (exact) mass is 198 g/mol. The van der Waals surface area contributed by atoms with Gasteiger partial charge in [0.1, 0.15) is 0 Å². The molecule has 15 heavy (non-hydrogen) atoms. The second-order valence-electron chi connectivity index (χ2n) is 2.38. The molecule has 1 aromatic rings. The Morgan fingerprint density at radius 1 is 0.667 bits per heavy atom. The van der Waals surface area contributed by atoms with Crippen LogP contribution in [0.2, 0.25) is 0 Å². The van der Waals surface area contributed by atoms with E-state index in [-0.39, 0.29) is 0 Å². The van der Waals surface area contributed by atoms with Crippen molar-refractivity contribution in [2.24, 2.45) is 15.0 Å². The molecule has 0 aliphatic rings. The summed E-state index contributed by atoms with van der Waals surface area (Å²) in [5, 5.41) is 20.1. The number of nitrogens with one attached hydrogen (secondary N) is 3. The van der Waals surface area contributed by atoms with Gasteiger partial charge in [-0.25, -0.2) is 16.2 Å². The van der Waals surface area contributed by atoms with Gasteiger partial charge in [0.05, 0.1) is 35.1 Å². The van der Waals surface area contributed by atoms with E-state index in [4.69, 9.17) is 16.2 Å². The van der Waals surface area contributed by atoms with E-state index in [0.29, 0.717) is 17.1 Å². The Bertz CT molecular complexity index is 425. The van der Waals surface area contributed by atoms with Crippen molar-refractivity contribution in [3.8, 4) is 0 Å². The summed E-state index contributed by atoms with van der Waals surface area (Å²) in [5.74, 6) is 0. The fourth-order valence-corrected chi connectivity index (χ4v) is 0.967. The molecule has 0 aromatic heterocycles. The highest BCUT2D eigenvalue weighted by Crippen LogP contribution is 2.27. The van der Waals surface area contributed by atoms with E-state index < -0.39 is 0 Å². The van der Waals surface area contributed by atoms with Gasteiger partial charge >= 0.3 is 0 Å². The zero-order chi connectivity index (χ0) is 11.1. The fraction of sp³-hybridized carbons (Fsp3) is 0. The van der Waals surface area contributed by atoms with Crippen LogP contribution in [0.5, 0.6) is 0 Å². The van der Waals surface area contributed by atoms with E-state index in [1.54, 1.807) is 18.2 Å². The standard InChI is InChI=1S/C9H6N6/c10-4-13-7-1-8(14-5-11)3-9(2-7)15-6-12/h1-3,10-12H. The lowest BCUT2D eigenvalue weighted by atomic mass is 10.2. The molecule has 0 saturated heterocycles. The molecule has 0 unspecified atom stereocenters. The summed E-state index contributed by atoms with van der Waals surface area (Å²) in [5.41, 5.74) is 1.28. The van der Waals surface area contributed by atoms with Crippen LogP contribution in [0.15, 0.2) is 33.2 Å². The molecule has 0 saturated carbocycles. The van der Waals surface area contributed by atoms with Gasteiger partial charge < -0.3 is 0 Å². The summed E-state index contributed by atoms with van der Waals surface area (Å²) >= 11 is 0. The maximum atomic E-state index is 6.70. The second-order valence-corrected chi connectivity index (χ2v) is 2.38. The summed E-state index contributed by atoms with van der Waals surface area (Å²) < 4.78 is 0. The van der Waals surface area contributed by atoms with Crippen molar-refractivity contribution in [3.05, 3.63) is 18.2 Å². The second kappa shape index (κ2) is 5.17.